The topological polar surface area (TPSA) is 25.8 Å². The summed E-state index contributed by atoms with van der Waals surface area (Å²) in [7, 11) is 0. The second-order valence-electron chi connectivity index (χ2n) is 4.01. The average molecular weight is 268 g/mol. The highest BCUT2D eigenvalue weighted by atomic mass is 32.1. The van der Waals surface area contributed by atoms with E-state index in [1.54, 1.807) is 22.7 Å². The molecule has 0 aliphatic rings. The Labute approximate surface area is 112 Å². The lowest BCUT2D eigenvalue weighted by Gasteiger charge is -1.84. The Hall–Kier alpha value is -1.78. The smallest absolute Gasteiger partial charge is 0.134 e. The highest BCUT2D eigenvalue weighted by Crippen LogP contribution is 2.37. The number of aromatic nitrogens is 2. The predicted octanol–water partition coefficient (Wildman–Crippen LogP) is 4.57. The first-order chi connectivity index (χ1) is 8.90. The van der Waals surface area contributed by atoms with Crippen LogP contribution in [0.2, 0.25) is 0 Å². The third kappa shape index (κ3) is 1.54. The van der Waals surface area contributed by atoms with Crippen LogP contribution in [-0.4, -0.2) is 9.97 Å². The minimum Gasteiger partial charge on any atom is -0.263 e. The van der Waals surface area contributed by atoms with E-state index in [-0.39, 0.29) is 0 Å². The van der Waals surface area contributed by atoms with Gasteiger partial charge in [0, 0.05) is 12.4 Å². The second kappa shape index (κ2) is 3.86. The summed E-state index contributed by atoms with van der Waals surface area (Å²) in [4.78, 5) is 10.1. The molecule has 3 aromatic heterocycles. The largest absolute Gasteiger partial charge is 0.263 e. The molecule has 0 aliphatic heterocycles. The first-order valence-electron chi connectivity index (χ1n) is 5.60. The van der Waals surface area contributed by atoms with Crippen LogP contribution in [0.15, 0.2) is 48.8 Å². The maximum atomic E-state index is 4.69. The van der Waals surface area contributed by atoms with Crippen molar-refractivity contribution in [2.75, 3.05) is 0 Å². The fraction of sp³-hybridized carbons (Fsp3) is 0. The third-order valence-electron chi connectivity index (χ3n) is 2.83. The predicted molar refractivity (Wildman–Crippen MR) is 78.2 cm³/mol. The van der Waals surface area contributed by atoms with Gasteiger partial charge in [0.15, 0.2) is 0 Å². The van der Waals surface area contributed by atoms with Crippen molar-refractivity contribution >= 4 is 43.0 Å². The number of thiazole rings is 1. The minimum absolute atomic E-state index is 1.08. The summed E-state index contributed by atoms with van der Waals surface area (Å²) in [5.74, 6) is 0. The third-order valence-corrected chi connectivity index (χ3v) is 5.12. The fourth-order valence-electron chi connectivity index (χ4n) is 1.97. The molecule has 0 unspecified atom stereocenters. The molecule has 4 rings (SSSR count). The van der Waals surface area contributed by atoms with Crippen LogP contribution >= 0.6 is 22.7 Å². The van der Waals surface area contributed by atoms with Crippen molar-refractivity contribution in [1.82, 2.24) is 9.97 Å². The van der Waals surface area contributed by atoms with Crippen LogP contribution in [-0.2, 0) is 0 Å². The molecule has 0 bridgehead atoms. The van der Waals surface area contributed by atoms with Gasteiger partial charge in [-0.1, -0.05) is 12.1 Å². The summed E-state index contributed by atoms with van der Waals surface area (Å²) in [6.07, 6.45) is 3.74. The van der Waals surface area contributed by atoms with Gasteiger partial charge in [-0.2, -0.15) is 0 Å². The first-order valence-corrected chi connectivity index (χ1v) is 7.23. The van der Waals surface area contributed by atoms with E-state index in [1.807, 2.05) is 24.5 Å². The molecule has 0 spiro atoms. The molecule has 4 heteroatoms. The molecule has 0 saturated carbocycles. The number of fused-ring (bicyclic) bond motifs is 2. The minimum atomic E-state index is 1.08. The van der Waals surface area contributed by atoms with E-state index >= 15 is 0 Å². The summed E-state index contributed by atoms with van der Waals surface area (Å²) < 4.78 is 2.45. The molecule has 0 saturated heterocycles. The summed E-state index contributed by atoms with van der Waals surface area (Å²) in [5, 5.41) is 2.33. The lowest BCUT2D eigenvalue weighted by atomic mass is 10.3. The number of pyridine rings is 1. The van der Waals surface area contributed by atoms with Crippen LogP contribution < -0.4 is 0 Å². The van der Waals surface area contributed by atoms with Crippen molar-refractivity contribution < 1.29 is 0 Å². The normalized spacial score (nSPS) is 11.3. The van der Waals surface area contributed by atoms with E-state index in [4.69, 9.17) is 0 Å². The molecule has 2 nitrogen and oxygen atoms in total. The number of benzene rings is 1. The lowest BCUT2D eigenvalue weighted by Crippen LogP contribution is -1.68. The molecular formula is C14H8N2S2. The van der Waals surface area contributed by atoms with Crippen LogP contribution in [0.1, 0.15) is 0 Å². The zero-order valence-electron chi connectivity index (χ0n) is 9.33. The number of hydrogen-bond acceptors (Lipinski definition) is 4. The van der Waals surface area contributed by atoms with Gasteiger partial charge in [0.2, 0.25) is 0 Å². The molecule has 0 aliphatic carbocycles. The highest BCUT2D eigenvalue weighted by Gasteiger charge is 2.09. The van der Waals surface area contributed by atoms with Crippen molar-refractivity contribution in [2.24, 2.45) is 0 Å². The van der Waals surface area contributed by atoms with Gasteiger partial charge in [-0.15, -0.1) is 22.7 Å². The number of hydrogen-bond donors (Lipinski definition) is 0. The van der Waals surface area contributed by atoms with E-state index in [9.17, 15) is 0 Å². The monoisotopic (exact) mass is 268 g/mol. The van der Waals surface area contributed by atoms with Crippen LogP contribution in [0, 0.1) is 0 Å². The van der Waals surface area contributed by atoms with Crippen LogP contribution in [0.25, 0.3) is 30.2 Å². The summed E-state index contributed by atoms with van der Waals surface area (Å²) in [5.41, 5.74) is 1.08. The Balaban J connectivity index is 1.95. The van der Waals surface area contributed by atoms with E-state index in [1.165, 1.54) is 19.7 Å². The van der Waals surface area contributed by atoms with Crippen molar-refractivity contribution in [2.45, 2.75) is 0 Å². The molecule has 0 N–H and O–H groups in total. The molecule has 3 heterocycles. The van der Waals surface area contributed by atoms with Crippen molar-refractivity contribution in [3.63, 3.8) is 0 Å². The summed E-state index contributed by atoms with van der Waals surface area (Å²) in [6, 6.07) is 12.5. The first kappa shape index (κ1) is 10.2. The van der Waals surface area contributed by atoms with Gasteiger partial charge in [0.1, 0.15) is 5.01 Å². The Morgan fingerprint density at radius 3 is 2.78 bits per heavy atom. The van der Waals surface area contributed by atoms with Gasteiger partial charge in [0.25, 0.3) is 0 Å². The van der Waals surface area contributed by atoms with E-state index in [0.717, 1.165) is 10.5 Å². The van der Waals surface area contributed by atoms with E-state index in [2.05, 4.69) is 34.2 Å². The van der Waals surface area contributed by atoms with E-state index < -0.39 is 0 Å². The van der Waals surface area contributed by atoms with Crippen molar-refractivity contribution in [3.05, 3.63) is 48.8 Å². The number of thiophene rings is 1. The Morgan fingerprint density at radius 2 is 1.89 bits per heavy atom. The second-order valence-corrected chi connectivity index (χ2v) is 6.13. The SMILES string of the molecule is c1ccc2sc(-c3cc4ccncc4s3)nc2c1. The Morgan fingerprint density at radius 1 is 0.944 bits per heavy atom. The van der Waals surface area contributed by atoms with Gasteiger partial charge < -0.3 is 0 Å². The standard InChI is InChI=1S/C14H8N2S2/c1-2-4-11-10(3-1)16-14(18-11)12-7-9-5-6-15-8-13(9)17-12/h1-8H. The van der Waals surface area contributed by atoms with Gasteiger partial charge in [-0.05, 0) is 29.7 Å². The van der Waals surface area contributed by atoms with Crippen LogP contribution in [0.3, 0.4) is 0 Å². The van der Waals surface area contributed by atoms with E-state index in [0.29, 0.717) is 0 Å². The van der Waals surface area contributed by atoms with Crippen LogP contribution in [0.5, 0.6) is 0 Å². The molecule has 86 valence electrons. The molecule has 4 aromatic rings. The van der Waals surface area contributed by atoms with Gasteiger partial charge in [-0.3, -0.25) is 4.98 Å². The number of nitrogens with zero attached hydrogens (tertiary/aromatic N) is 2. The fourth-order valence-corrected chi connectivity index (χ4v) is 4.01. The quantitative estimate of drug-likeness (QED) is 0.505. The zero-order valence-corrected chi connectivity index (χ0v) is 11.0. The molecule has 0 amide bonds. The number of para-hydroxylation sites is 1. The molecule has 18 heavy (non-hydrogen) atoms. The Kier molecular flexibility index (Phi) is 2.18. The highest BCUT2D eigenvalue weighted by molar-refractivity contribution is 7.28. The molecular weight excluding hydrogens is 260 g/mol. The molecule has 0 fully saturated rings. The van der Waals surface area contributed by atoms with Gasteiger partial charge >= 0.3 is 0 Å². The average Bonchev–Trinajstić information content (AvgIpc) is 3.02. The van der Waals surface area contributed by atoms with Crippen molar-refractivity contribution in [1.29, 1.82) is 0 Å². The van der Waals surface area contributed by atoms with Gasteiger partial charge in [0.05, 0.1) is 19.8 Å². The molecule has 1 aromatic carbocycles. The summed E-state index contributed by atoms with van der Waals surface area (Å²) in [6.45, 7) is 0. The van der Waals surface area contributed by atoms with Gasteiger partial charge in [-0.25, -0.2) is 4.98 Å². The Bertz CT molecular complexity index is 707. The number of rotatable bonds is 1. The maximum absolute atomic E-state index is 4.69. The maximum Gasteiger partial charge on any atom is 0.134 e. The van der Waals surface area contributed by atoms with Crippen LogP contribution in [0.4, 0.5) is 0 Å². The molecule has 0 atom stereocenters. The lowest BCUT2D eigenvalue weighted by molar-refractivity contribution is 1.37. The zero-order chi connectivity index (χ0) is 11.9. The van der Waals surface area contributed by atoms with Crippen molar-refractivity contribution in [3.8, 4) is 9.88 Å². The molecule has 0 radical (unpaired) electrons. The summed E-state index contributed by atoms with van der Waals surface area (Å²) >= 11 is 3.50.